The van der Waals surface area contributed by atoms with Crippen molar-refractivity contribution in [3.05, 3.63) is 54.1 Å². The monoisotopic (exact) mass is 310 g/mol. The van der Waals surface area contributed by atoms with Crippen LogP contribution in [0.15, 0.2) is 52.9 Å². The van der Waals surface area contributed by atoms with Crippen LogP contribution >= 0.6 is 0 Å². The fourth-order valence-corrected chi connectivity index (χ4v) is 2.25. The molecular weight excluding hydrogens is 292 g/mol. The SMILES string of the molecule is CN(CCCOc1ccc(C=O)cc1)c1nc2ccccc2o1. The van der Waals surface area contributed by atoms with Gasteiger partial charge >= 0.3 is 0 Å². The average Bonchev–Trinajstić information content (AvgIpc) is 3.03. The number of benzene rings is 2. The fraction of sp³-hybridized carbons (Fsp3) is 0.222. The Hall–Kier alpha value is -2.82. The molecule has 0 saturated heterocycles. The van der Waals surface area contributed by atoms with Crippen LogP contribution in [0.25, 0.3) is 11.1 Å². The minimum Gasteiger partial charge on any atom is -0.494 e. The van der Waals surface area contributed by atoms with E-state index in [9.17, 15) is 4.79 Å². The number of rotatable bonds is 7. The molecule has 3 rings (SSSR count). The fourth-order valence-electron chi connectivity index (χ4n) is 2.25. The second-order valence-electron chi connectivity index (χ2n) is 5.27. The second kappa shape index (κ2) is 6.96. The van der Waals surface area contributed by atoms with Crippen molar-refractivity contribution < 1.29 is 13.9 Å². The molecule has 23 heavy (non-hydrogen) atoms. The highest BCUT2D eigenvalue weighted by atomic mass is 16.5. The number of hydrogen-bond acceptors (Lipinski definition) is 5. The minimum atomic E-state index is 0.588. The van der Waals surface area contributed by atoms with Crippen LogP contribution in [0.5, 0.6) is 5.75 Å². The number of anilines is 1. The molecule has 0 aliphatic rings. The molecule has 0 bridgehead atoms. The quantitative estimate of drug-likeness (QED) is 0.493. The zero-order valence-corrected chi connectivity index (χ0v) is 12.9. The summed E-state index contributed by atoms with van der Waals surface area (Å²) in [5.74, 6) is 0.764. The van der Waals surface area contributed by atoms with Crippen LogP contribution < -0.4 is 9.64 Å². The Bertz CT molecular complexity index is 747. The summed E-state index contributed by atoms with van der Waals surface area (Å²) in [5, 5.41) is 0. The molecule has 0 unspecified atom stereocenters. The summed E-state index contributed by atoms with van der Waals surface area (Å²) in [5.41, 5.74) is 2.30. The van der Waals surface area contributed by atoms with E-state index in [4.69, 9.17) is 9.15 Å². The molecule has 0 saturated carbocycles. The minimum absolute atomic E-state index is 0.588. The average molecular weight is 310 g/mol. The van der Waals surface area contributed by atoms with E-state index in [0.717, 1.165) is 36.1 Å². The van der Waals surface area contributed by atoms with E-state index >= 15 is 0 Å². The highest BCUT2D eigenvalue weighted by Crippen LogP contribution is 2.20. The molecule has 5 nitrogen and oxygen atoms in total. The first-order valence-electron chi connectivity index (χ1n) is 7.51. The Balaban J connectivity index is 1.48. The van der Waals surface area contributed by atoms with E-state index in [-0.39, 0.29) is 0 Å². The van der Waals surface area contributed by atoms with Crippen molar-refractivity contribution in [3.8, 4) is 5.75 Å². The van der Waals surface area contributed by atoms with Gasteiger partial charge in [0.25, 0.3) is 6.01 Å². The number of carbonyl (C=O) groups excluding carboxylic acids is 1. The molecule has 0 radical (unpaired) electrons. The highest BCUT2D eigenvalue weighted by Gasteiger charge is 2.09. The molecule has 118 valence electrons. The lowest BCUT2D eigenvalue weighted by Gasteiger charge is -2.14. The van der Waals surface area contributed by atoms with Crippen LogP contribution in [0.1, 0.15) is 16.8 Å². The Labute approximate surface area is 134 Å². The molecule has 5 heteroatoms. The Kier molecular flexibility index (Phi) is 4.57. The molecule has 1 aromatic heterocycles. The van der Waals surface area contributed by atoms with E-state index < -0.39 is 0 Å². The first-order valence-corrected chi connectivity index (χ1v) is 7.51. The zero-order valence-electron chi connectivity index (χ0n) is 12.9. The maximum atomic E-state index is 10.6. The van der Waals surface area contributed by atoms with Gasteiger partial charge in [0.1, 0.15) is 17.6 Å². The van der Waals surface area contributed by atoms with Gasteiger partial charge in [-0.1, -0.05) is 12.1 Å². The summed E-state index contributed by atoms with van der Waals surface area (Å²) in [6, 6.07) is 15.4. The lowest BCUT2D eigenvalue weighted by atomic mass is 10.2. The standard InChI is InChI=1S/C18H18N2O3/c1-20(18-19-16-5-2-3-6-17(16)23-18)11-4-12-22-15-9-7-14(13-21)8-10-15/h2-3,5-10,13H,4,11-12H2,1H3. The van der Waals surface area contributed by atoms with Gasteiger partial charge in [-0.25, -0.2) is 0 Å². The molecule has 0 aliphatic heterocycles. The highest BCUT2D eigenvalue weighted by molar-refractivity contribution is 5.75. The number of aldehydes is 1. The third kappa shape index (κ3) is 3.69. The van der Waals surface area contributed by atoms with E-state index in [1.54, 1.807) is 24.3 Å². The number of para-hydroxylation sites is 2. The molecule has 1 heterocycles. The smallest absolute Gasteiger partial charge is 0.298 e. The normalized spacial score (nSPS) is 10.7. The third-order valence-electron chi connectivity index (χ3n) is 3.53. The van der Waals surface area contributed by atoms with Gasteiger partial charge in [-0.3, -0.25) is 4.79 Å². The molecular formula is C18H18N2O3. The van der Waals surface area contributed by atoms with E-state index in [0.29, 0.717) is 18.2 Å². The van der Waals surface area contributed by atoms with Crippen molar-refractivity contribution in [2.24, 2.45) is 0 Å². The molecule has 0 fully saturated rings. The first-order chi connectivity index (χ1) is 11.3. The topological polar surface area (TPSA) is 55.6 Å². The van der Waals surface area contributed by atoms with Gasteiger partial charge < -0.3 is 14.1 Å². The predicted molar refractivity (Wildman–Crippen MR) is 89.2 cm³/mol. The maximum absolute atomic E-state index is 10.6. The maximum Gasteiger partial charge on any atom is 0.298 e. The summed E-state index contributed by atoms with van der Waals surface area (Å²) in [7, 11) is 1.95. The van der Waals surface area contributed by atoms with E-state index in [1.807, 2.05) is 36.2 Å². The number of hydrogen-bond donors (Lipinski definition) is 0. The van der Waals surface area contributed by atoms with Crippen molar-refractivity contribution in [1.29, 1.82) is 0 Å². The van der Waals surface area contributed by atoms with Crippen LogP contribution in [0.2, 0.25) is 0 Å². The van der Waals surface area contributed by atoms with Crippen LogP contribution in [-0.4, -0.2) is 31.5 Å². The van der Waals surface area contributed by atoms with Gasteiger partial charge in [0, 0.05) is 19.2 Å². The summed E-state index contributed by atoms with van der Waals surface area (Å²) in [6.45, 7) is 1.37. The van der Waals surface area contributed by atoms with Gasteiger partial charge in [0.2, 0.25) is 0 Å². The lowest BCUT2D eigenvalue weighted by Crippen LogP contribution is -2.20. The molecule has 3 aromatic rings. The molecule has 2 aromatic carbocycles. The zero-order chi connectivity index (χ0) is 16.1. The van der Waals surface area contributed by atoms with Gasteiger partial charge in [0.15, 0.2) is 5.58 Å². The van der Waals surface area contributed by atoms with Crippen LogP contribution in [0.3, 0.4) is 0 Å². The Morgan fingerprint density at radius 3 is 2.70 bits per heavy atom. The van der Waals surface area contributed by atoms with Crippen molar-refractivity contribution in [2.45, 2.75) is 6.42 Å². The lowest BCUT2D eigenvalue weighted by molar-refractivity contribution is 0.112. The first kappa shape index (κ1) is 15.1. The number of oxazole rings is 1. The van der Waals surface area contributed by atoms with Crippen molar-refractivity contribution in [3.63, 3.8) is 0 Å². The summed E-state index contributed by atoms with van der Waals surface area (Å²) in [4.78, 5) is 17.0. The van der Waals surface area contributed by atoms with Gasteiger partial charge in [0.05, 0.1) is 6.61 Å². The second-order valence-corrected chi connectivity index (χ2v) is 5.27. The number of fused-ring (bicyclic) bond motifs is 1. The number of ether oxygens (including phenoxy) is 1. The van der Waals surface area contributed by atoms with Crippen LogP contribution in [0, 0.1) is 0 Å². The van der Waals surface area contributed by atoms with Crippen LogP contribution in [0.4, 0.5) is 6.01 Å². The Morgan fingerprint density at radius 2 is 1.96 bits per heavy atom. The van der Waals surface area contributed by atoms with E-state index in [2.05, 4.69) is 4.98 Å². The van der Waals surface area contributed by atoms with E-state index in [1.165, 1.54) is 0 Å². The molecule has 0 amide bonds. The van der Waals surface area contributed by atoms with Gasteiger partial charge in [-0.2, -0.15) is 4.98 Å². The summed E-state index contributed by atoms with van der Waals surface area (Å²) < 4.78 is 11.4. The van der Waals surface area contributed by atoms with Crippen molar-refractivity contribution in [1.82, 2.24) is 4.98 Å². The van der Waals surface area contributed by atoms with Gasteiger partial charge in [-0.15, -0.1) is 0 Å². The van der Waals surface area contributed by atoms with Crippen molar-refractivity contribution >= 4 is 23.4 Å². The molecule has 0 spiro atoms. The number of nitrogens with zero attached hydrogens (tertiary/aromatic N) is 2. The van der Waals surface area contributed by atoms with Crippen molar-refractivity contribution in [2.75, 3.05) is 25.1 Å². The van der Waals surface area contributed by atoms with Crippen LogP contribution in [-0.2, 0) is 0 Å². The molecule has 0 aliphatic carbocycles. The number of aromatic nitrogens is 1. The summed E-state index contributed by atoms with van der Waals surface area (Å²) >= 11 is 0. The summed E-state index contributed by atoms with van der Waals surface area (Å²) in [6.07, 6.45) is 1.66. The largest absolute Gasteiger partial charge is 0.494 e. The predicted octanol–water partition coefficient (Wildman–Crippen LogP) is 3.55. The number of carbonyl (C=O) groups is 1. The third-order valence-corrected chi connectivity index (χ3v) is 3.53. The van der Waals surface area contributed by atoms with Gasteiger partial charge in [-0.05, 0) is 42.8 Å². The molecule has 0 N–H and O–H groups in total. The Morgan fingerprint density at radius 1 is 1.17 bits per heavy atom. The molecule has 0 atom stereocenters.